The Balaban J connectivity index is 2.53. The molecule has 1 fully saturated rings. The van der Waals surface area contributed by atoms with E-state index in [1.165, 1.54) is 11.9 Å². The number of nitrogens with two attached hydrogens (primary N) is 1. The highest BCUT2D eigenvalue weighted by atomic mass is 16.5. The van der Waals surface area contributed by atoms with E-state index in [9.17, 15) is 9.59 Å². The molecular weight excluding hydrogens is 188 g/mol. The second kappa shape index (κ2) is 4.39. The predicted octanol–water partition coefficient (Wildman–Crippen LogP) is -0.659. The summed E-state index contributed by atoms with van der Waals surface area (Å²) in [4.78, 5) is 21.4. The van der Waals surface area contributed by atoms with E-state index in [0.29, 0.717) is 13.0 Å². The number of carbonyl (C=O) groups excluding carboxylic acids is 1. The number of carbonyl (C=O) groups is 2. The highest BCUT2D eigenvalue weighted by Crippen LogP contribution is 2.17. The fourth-order valence-electron chi connectivity index (χ4n) is 1.54. The second-order valence-corrected chi connectivity index (χ2v) is 3.35. The third-order valence-electron chi connectivity index (χ3n) is 2.21. The molecule has 0 saturated carbocycles. The van der Waals surface area contributed by atoms with Crippen LogP contribution in [-0.2, 0) is 14.3 Å². The fourth-order valence-corrected chi connectivity index (χ4v) is 1.54. The van der Waals surface area contributed by atoms with Crippen molar-refractivity contribution in [2.24, 2.45) is 5.84 Å². The first-order valence-electron chi connectivity index (χ1n) is 4.42. The molecular formula is C8H14N2O4. The van der Waals surface area contributed by atoms with Gasteiger partial charge in [-0.05, 0) is 6.42 Å². The number of rotatable bonds is 2. The smallest absolute Gasteiger partial charge is 0.322 e. The minimum atomic E-state index is -0.982. The molecule has 6 nitrogen and oxygen atoms in total. The molecule has 6 heteroatoms. The van der Waals surface area contributed by atoms with Crippen LogP contribution in [-0.4, -0.2) is 40.7 Å². The Bertz CT molecular complexity index is 243. The summed E-state index contributed by atoms with van der Waals surface area (Å²) in [6, 6.07) is -0.756. The Morgan fingerprint density at radius 1 is 1.57 bits per heavy atom. The Kier molecular flexibility index (Phi) is 3.43. The Labute approximate surface area is 81.6 Å². The highest BCUT2D eigenvalue weighted by molar-refractivity contribution is 5.73. The van der Waals surface area contributed by atoms with Crippen molar-refractivity contribution in [1.82, 2.24) is 5.01 Å². The molecule has 14 heavy (non-hydrogen) atoms. The standard InChI is InChI=1S/C8H14N2O4/c1-5(11)14-6-2-3-10(9)7(4-6)8(12)13/h6-7H,2-4,9H2,1H3,(H,12,13). The molecule has 1 aliphatic rings. The Morgan fingerprint density at radius 3 is 2.71 bits per heavy atom. The molecule has 0 bridgehead atoms. The van der Waals surface area contributed by atoms with Gasteiger partial charge in [0.25, 0.3) is 0 Å². The third kappa shape index (κ3) is 2.68. The number of piperidine rings is 1. The van der Waals surface area contributed by atoms with Crippen molar-refractivity contribution in [3.63, 3.8) is 0 Å². The molecule has 1 rings (SSSR count). The van der Waals surface area contributed by atoms with Crippen LogP contribution in [0.4, 0.5) is 0 Å². The van der Waals surface area contributed by atoms with E-state index in [4.69, 9.17) is 15.7 Å². The minimum Gasteiger partial charge on any atom is -0.480 e. The van der Waals surface area contributed by atoms with Crippen molar-refractivity contribution in [1.29, 1.82) is 0 Å². The first-order valence-corrected chi connectivity index (χ1v) is 4.42. The molecule has 1 heterocycles. The topological polar surface area (TPSA) is 92.9 Å². The van der Waals surface area contributed by atoms with Crippen LogP contribution in [0, 0.1) is 0 Å². The lowest BCUT2D eigenvalue weighted by Gasteiger charge is -2.33. The van der Waals surface area contributed by atoms with Crippen LogP contribution in [0.25, 0.3) is 0 Å². The van der Waals surface area contributed by atoms with Gasteiger partial charge in [0.15, 0.2) is 0 Å². The molecule has 0 spiro atoms. The van der Waals surface area contributed by atoms with E-state index in [1.54, 1.807) is 0 Å². The van der Waals surface area contributed by atoms with E-state index in [1.807, 2.05) is 0 Å². The van der Waals surface area contributed by atoms with Crippen molar-refractivity contribution >= 4 is 11.9 Å². The van der Waals surface area contributed by atoms with E-state index < -0.39 is 12.0 Å². The zero-order valence-corrected chi connectivity index (χ0v) is 7.97. The van der Waals surface area contributed by atoms with Crippen LogP contribution >= 0.6 is 0 Å². The Hall–Kier alpha value is -1.14. The first-order chi connectivity index (χ1) is 6.50. The fraction of sp³-hybridized carbons (Fsp3) is 0.750. The van der Waals surface area contributed by atoms with Gasteiger partial charge in [0.2, 0.25) is 0 Å². The van der Waals surface area contributed by atoms with Crippen LogP contribution in [0.5, 0.6) is 0 Å². The number of hydrogen-bond donors (Lipinski definition) is 2. The molecule has 0 aliphatic carbocycles. The summed E-state index contributed by atoms with van der Waals surface area (Å²) < 4.78 is 4.94. The average Bonchev–Trinajstić information content (AvgIpc) is 2.07. The summed E-state index contributed by atoms with van der Waals surface area (Å²) in [7, 11) is 0. The van der Waals surface area contributed by atoms with Gasteiger partial charge < -0.3 is 9.84 Å². The number of hydrazine groups is 1. The van der Waals surface area contributed by atoms with Crippen LogP contribution in [0.1, 0.15) is 19.8 Å². The molecule has 2 unspecified atom stereocenters. The summed E-state index contributed by atoms with van der Waals surface area (Å²) in [6.45, 7) is 1.74. The van der Waals surface area contributed by atoms with Gasteiger partial charge in [-0.2, -0.15) is 0 Å². The molecule has 0 radical (unpaired) electrons. The molecule has 80 valence electrons. The summed E-state index contributed by atoms with van der Waals surface area (Å²) in [6.07, 6.45) is 0.513. The number of ether oxygens (including phenoxy) is 1. The van der Waals surface area contributed by atoms with Gasteiger partial charge in [0.1, 0.15) is 12.1 Å². The highest BCUT2D eigenvalue weighted by Gasteiger charge is 2.33. The molecule has 1 aliphatic heterocycles. The summed E-state index contributed by atoms with van der Waals surface area (Å²) in [5.41, 5.74) is 0. The van der Waals surface area contributed by atoms with Gasteiger partial charge in [-0.1, -0.05) is 0 Å². The van der Waals surface area contributed by atoms with Crippen molar-refractivity contribution in [3.05, 3.63) is 0 Å². The second-order valence-electron chi connectivity index (χ2n) is 3.35. The lowest BCUT2D eigenvalue weighted by molar-refractivity contribution is -0.156. The van der Waals surface area contributed by atoms with Crippen LogP contribution in [0.15, 0.2) is 0 Å². The predicted molar refractivity (Wildman–Crippen MR) is 47.1 cm³/mol. The van der Waals surface area contributed by atoms with Gasteiger partial charge in [-0.3, -0.25) is 15.4 Å². The monoisotopic (exact) mass is 202 g/mol. The van der Waals surface area contributed by atoms with Crippen molar-refractivity contribution < 1.29 is 19.4 Å². The summed E-state index contributed by atoms with van der Waals surface area (Å²) >= 11 is 0. The lowest BCUT2D eigenvalue weighted by Crippen LogP contribution is -2.52. The maximum Gasteiger partial charge on any atom is 0.322 e. The summed E-state index contributed by atoms with van der Waals surface area (Å²) in [5, 5.41) is 10.1. The van der Waals surface area contributed by atoms with Crippen LogP contribution < -0.4 is 5.84 Å². The number of aliphatic carboxylic acids is 1. The maximum absolute atomic E-state index is 10.7. The van der Waals surface area contributed by atoms with Crippen molar-refractivity contribution in [2.45, 2.75) is 31.9 Å². The van der Waals surface area contributed by atoms with Crippen LogP contribution in [0.3, 0.4) is 0 Å². The molecule has 0 aromatic carbocycles. The van der Waals surface area contributed by atoms with Crippen molar-refractivity contribution in [2.75, 3.05) is 6.54 Å². The number of hydrogen-bond acceptors (Lipinski definition) is 5. The quantitative estimate of drug-likeness (QED) is 0.456. The SMILES string of the molecule is CC(=O)OC1CCN(N)C(C(=O)O)C1. The van der Waals surface area contributed by atoms with Gasteiger partial charge >= 0.3 is 11.9 Å². The molecule has 0 aromatic rings. The normalized spacial score (nSPS) is 28.4. The van der Waals surface area contributed by atoms with Crippen LogP contribution in [0.2, 0.25) is 0 Å². The molecule has 2 atom stereocenters. The number of esters is 1. The number of nitrogens with zero attached hydrogens (tertiary/aromatic N) is 1. The number of carboxylic acids is 1. The van der Waals surface area contributed by atoms with E-state index in [0.717, 1.165) is 0 Å². The zero-order valence-electron chi connectivity index (χ0n) is 7.97. The summed E-state index contributed by atoms with van der Waals surface area (Å²) in [5.74, 6) is 4.12. The third-order valence-corrected chi connectivity index (χ3v) is 2.21. The first kappa shape index (κ1) is 10.9. The largest absolute Gasteiger partial charge is 0.480 e. The van der Waals surface area contributed by atoms with E-state index in [-0.39, 0.29) is 18.5 Å². The van der Waals surface area contributed by atoms with Gasteiger partial charge in [-0.25, -0.2) is 5.01 Å². The number of carboxylic acid groups (broad SMARTS) is 1. The van der Waals surface area contributed by atoms with Crippen molar-refractivity contribution in [3.8, 4) is 0 Å². The molecule has 3 N–H and O–H groups in total. The van der Waals surface area contributed by atoms with Gasteiger partial charge in [0.05, 0.1) is 0 Å². The molecule has 0 aromatic heterocycles. The maximum atomic E-state index is 10.7. The Morgan fingerprint density at radius 2 is 2.21 bits per heavy atom. The molecule has 1 saturated heterocycles. The minimum absolute atomic E-state index is 0.255. The van der Waals surface area contributed by atoms with E-state index >= 15 is 0 Å². The average molecular weight is 202 g/mol. The van der Waals surface area contributed by atoms with Gasteiger partial charge in [-0.15, -0.1) is 0 Å². The van der Waals surface area contributed by atoms with Gasteiger partial charge in [0, 0.05) is 19.9 Å². The lowest BCUT2D eigenvalue weighted by atomic mass is 10.0. The van der Waals surface area contributed by atoms with E-state index in [2.05, 4.69) is 0 Å². The molecule has 0 amide bonds. The zero-order chi connectivity index (χ0) is 10.7.